The third kappa shape index (κ3) is 3.24. The molecule has 1 saturated heterocycles. The van der Waals surface area contributed by atoms with Crippen LogP contribution >= 0.6 is 0 Å². The maximum absolute atomic E-state index is 12.7. The lowest BCUT2D eigenvalue weighted by Crippen LogP contribution is -2.91. The number of amides is 2. The second-order valence-corrected chi connectivity index (χ2v) is 6.29. The number of hydrogen-bond acceptors (Lipinski definition) is 2. The Labute approximate surface area is 142 Å². The zero-order valence-electron chi connectivity index (χ0n) is 14.1. The van der Waals surface area contributed by atoms with Crippen molar-refractivity contribution >= 4 is 17.5 Å². The fourth-order valence-electron chi connectivity index (χ4n) is 3.17. The lowest BCUT2D eigenvalue weighted by molar-refractivity contribution is -0.711. The molecule has 2 aromatic rings. The van der Waals surface area contributed by atoms with Gasteiger partial charge in [-0.05, 0) is 31.0 Å². The molecule has 4 nitrogen and oxygen atoms in total. The number of quaternary nitrogens is 1. The van der Waals surface area contributed by atoms with E-state index in [1.807, 2.05) is 59.9 Å². The summed E-state index contributed by atoms with van der Waals surface area (Å²) in [6, 6.07) is 17.5. The summed E-state index contributed by atoms with van der Waals surface area (Å²) in [5.74, 6) is -0.238. The lowest BCUT2D eigenvalue weighted by Gasteiger charge is -2.17. The van der Waals surface area contributed by atoms with E-state index >= 15 is 0 Å². The highest BCUT2D eigenvalue weighted by Gasteiger charge is 2.43. The smallest absolute Gasteiger partial charge is 0.292 e. The van der Waals surface area contributed by atoms with Gasteiger partial charge in [0.15, 0.2) is 6.04 Å². The molecule has 2 amide bonds. The standard InChI is InChI=1S/C20H22N2O2/c1-3-15-9-11-17(12-10-15)22-19(23)13-18(20(22)24)21-14(2)16-7-5-4-6-8-16/h4-12,14,18,21H,3,13H2,1-2H3/p+1/t14-,18+/m1/s1. The average molecular weight is 323 g/mol. The molecule has 124 valence electrons. The van der Waals surface area contributed by atoms with Gasteiger partial charge in [0.25, 0.3) is 5.91 Å². The van der Waals surface area contributed by atoms with Gasteiger partial charge in [0.05, 0.1) is 12.1 Å². The predicted molar refractivity (Wildman–Crippen MR) is 93.5 cm³/mol. The lowest BCUT2D eigenvalue weighted by atomic mass is 10.1. The Morgan fingerprint density at radius 2 is 1.75 bits per heavy atom. The summed E-state index contributed by atoms with van der Waals surface area (Å²) in [5.41, 5.74) is 3.02. The molecule has 0 aliphatic carbocycles. The Morgan fingerprint density at radius 1 is 1.08 bits per heavy atom. The van der Waals surface area contributed by atoms with Crippen LogP contribution in [0, 0.1) is 0 Å². The van der Waals surface area contributed by atoms with Crippen molar-refractivity contribution in [3.05, 3.63) is 65.7 Å². The summed E-state index contributed by atoms with van der Waals surface area (Å²) < 4.78 is 0. The van der Waals surface area contributed by atoms with Crippen LogP contribution in [0.1, 0.15) is 37.4 Å². The first-order valence-corrected chi connectivity index (χ1v) is 8.45. The molecule has 0 aromatic heterocycles. The number of carbonyl (C=O) groups is 2. The van der Waals surface area contributed by atoms with Crippen molar-refractivity contribution in [2.45, 2.75) is 38.8 Å². The second kappa shape index (κ2) is 6.97. The quantitative estimate of drug-likeness (QED) is 0.858. The van der Waals surface area contributed by atoms with Gasteiger partial charge in [0.2, 0.25) is 5.91 Å². The Morgan fingerprint density at radius 3 is 2.38 bits per heavy atom. The molecular formula is C20H23N2O2+. The summed E-state index contributed by atoms with van der Waals surface area (Å²) in [6.45, 7) is 4.14. The Balaban J connectivity index is 1.74. The van der Waals surface area contributed by atoms with Crippen LogP contribution in [0.25, 0.3) is 0 Å². The molecule has 0 bridgehead atoms. The average Bonchev–Trinajstić information content (AvgIpc) is 2.89. The molecule has 1 aliphatic rings. The highest BCUT2D eigenvalue weighted by Crippen LogP contribution is 2.22. The molecule has 2 atom stereocenters. The van der Waals surface area contributed by atoms with Gasteiger partial charge in [-0.3, -0.25) is 9.59 Å². The van der Waals surface area contributed by atoms with E-state index in [9.17, 15) is 9.59 Å². The van der Waals surface area contributed by atoms with Crippen LogP contribution in [0.2, 0.25) is 0 Å². The van der Waals surface area contributed by atoms with Crippen molar-refractivity contribution in [3.8, 4) is 0 Å². The molecule has 1 fully saturated rings. The summed E-state index contributed by atoms with van der Waals surface area (Å²) >= 11 is 0. The fourth-order valence-corrected chi connectivity index (χ4v) is 3.17. The first kappa shape index (κ1) is 16.4. The zero-order chi connectivity index (χ0) is 17.1. The number of nitrogens with zero attached hydrogens (tertiary/aromatic N) is 1. The van der Waals surface area contributed by atoms with Crippen LogP contribution in [0.15, 0.2) is 54.6 Å². The fraction of sp³-hybridized carbons (Fsp3) is 0.300. The minimum absolute atomic E-state index is 0.118. The van der Waals surface area contributed by atoms with E-state index in [0.29, 0.717) is 5.69 Å². The van der Waals surface area contributed by atoms with Crippen LogP contribution < -0.4 is 10.2 Å². The number of benzene rings is 2. The molecular weight excluding hydrogens is 300 g/mol. The molecule has 24 heavy (non-hydrogen) atoms. The van der Waals surface area contributed by atoms with Crippen molar-refractivity contribution in [1.29, 1.82) is 0 Å². The van der Waals surface area contributed by atoms with E-state index in [2.05, 4.69) is 13.8 Å². The molecule has 3 rings (SSSR count). The number of imide groups is 1. The van der Waals surface area contributed by atoms with Gasteiger partial charge < -0.3 is 5.32 Å². The predicted octanol–water partition coefficient (Wildman–Crippen LogP) is 2.21. The third-order valence-electron chi connectivity index (χ3n) is 4.63. The van der Waals surface area contributed by atoms with Crippen molar-refractivity contribution < 1.29 is 14.9 Å². The number of aryl methyl sites for hydroxylation is 1. The highest BCUT2D eigenvalue weighted by molar-refractivity contribution is 6.21. The molecule has 0 radical (unpaired) electrons. The van der Waals surface area contributed by atoms with Gasteiger partial charge in [-0.2, -0.15) is 0 Å². The molecule has 0 saturated carbocycles. The highest BCUT2D eigenvalue weighted by atomic mass is 16.2. The van der Waals surface area contributed by atoms with Gasteiger partial charge >= 0.3 is 0 Å². The van der Waals surface area contributed by atoms with E-state index in [1.54, 1.807) is 0 Å². The summed E-state index contributed by atoms with van der Waals surface area (Å²) in [5, 5.41) is 2.00. The van der Waals surface area contributed by atoms with Crippen molar-refractivity contribution in [1.82, 2.24) is 0 Å². The minimum Gasteiger partial charge on any atom is -0.330 e. The molecule has 1 heterocycles. The second-order valence-electron chi connectivity index (χ2n) is 6.29. The zero-order valence-corrected chi connectivity index (χ0v) is 14.1. The monoisotopic (exact) mass is 323 g/mol. The molecule has 0 spiro atoms. The first-order valence-electron chi connectivity index (χ1n) is 8.45. The van der Waals surface area contributed by atoms with E-state index in [1.165, 1.54) is 10.5 Å². The third-order valence-corrected chi connectivity index (χ3v) is 4.63. The number of anilines is 1. The largest absolute Gasteiger partial charge is 0.330 e. The molecule has 4 heteroatoms. The Hall–Kier alpha value is -2.46. The maximum atomic E-state index is 12.7. The Kier molecular flexibility index (Phi) is 4.76. The van der Waals surface area contributed by atoms with E-state index in [4.69, 9.17) is 0 Å². The van der Waals surface area contributed by atoms with Crippen LogP contribution in [0.3, 0.4) is 0 Å². The normalized spacial score (nSPS) is 18.9. The minimum atomic E-state index is -0.349. The topological polar surface area (TPSA) is 54.0 Å². The van der Waals surface area contributed by atoms with E-state index in [0.717, 1.165) is 12.0 Å². The number of hydrogen-bond donors (Lipinski definition) is 1. The van der Waals surface area contributed by atoms with Gasteiger partial charge in [-0.25, -0.2) is 4.90 Å². The first-order chi connectivity index (χ1) is 11.6. The Bertz CT molecular complexity index is 725. The van der Waals surface area contributed by atoms with Crippen molar-refractivity contribution in [2.75, 3.05) is 4.90 Å². The molecule has 1 aliphatic heterocycles. The number of nitrogens with two attached hydrogens (primary N) is 1. The number of rotatable bonds is 5. The maximum Gasteiger partial charge on any atom is 0.292 e. The molecule has 2 aromatic carbocycles. The van der Waals surface area contributed by atoms with Gasteiger partial charge in [-0.15, -0.1) is 0 Å². The number of carbonyl (C=O) groups excluding carboxylic acids is 2. The van der Waals surface area contributed by atoms with E-state index in [-0.39, 0.29) is 30.3 Å². The van der Waals surface area contributed by atoms with Crippen LogP contribution in [0.5, 0.6) is 0 Å². The van der Waals surface area contributed by atoms with Crippen LogP contribution in [0.4, 0.5) is 5.69 Å². The van der Waals surface area contributed by atoms with E-state index < -0.39 is 0 Å². The van der Waals surface area contributed by atoms with Crippen LogP contribution in [-0.2, 0) is 16.0 Å². The molecule has 2 N–H and O–H groups in total. The van der Waals surface area contributed by atoms with Gasteiger partial charge in [0.1, 0.15) is 6.04 Å². The molecule has 0 unspecified atom stereocenters. The van der Waals surface area contributed by atoms with Gasteiger partial charge in [0, 0.05) is 5.56 Å². The van der Waals surface area contributed by atoms with Crippen LogP contribution in [-0.4, -0.2) is 17.9 Å². The van der Waals surface area contributed by atoms with Gasteiger partial charge in [-0.1, -0.05) is 49.4 Å². The van der Waals surface area contributed by atoms with Crippen molar-refractivity contribution in [3.63, 3.8) is 0 Å². The summed E-state index contributed by atoms with van der Waals surface area (Å²) in [6.07, 6.45) is 1.19. The summed E-state index contributed by atoms with van der Waals surface area (Å²) in [4.78, 5) is 26.4. The summed E-state index contributed by atoms with van der Waals surface area (Å²) in [7, 11) is 0. The van der Waals surface area contributed by atoms with Crippen molar-refractivity contribution in [2.24, 2.45) is 0 Å². The SMILES string of the molecule is CCc1ccc(N2C(=O)C[C@H]([NH2+][C@H](C)c3ccccc3)C2=O)cc1.